The average molecular weight is 225 g/mol. The van der Waals surface area contributed by atoms with Crippen molar-refractivity contribution in [3.63, 3.8) is 0 Å². The molecule has 0 aliphatic carbocycles. The van der Waals surface area contributed by atoms with Gasteiger partial charge < -0.3 is 10.6 Å². The maximum atomic E-state index is 3.56. The summed E-state index contributed by atoms with van der Waals surface area (Å²) in [6.07, 6.45) is 8.47. The fourth-order valence-electron chi connectivity index (χ4n) is 2.04. The predicted octanol–water partition coefficient (Wildman–Crippen LogP) is 1.50. The van der Waals surface area contributed by atoms with Crippen LogP contribution in [0.25, 0.3) is 0 Å². The molecule has 2 aliphatic rings. The van der Waals surface area contributed by atoms with Gasteiger partial charge in [-0.3, -0.25) is 0 Å². The third kappa shape index (κ3) is 3.13. The van der Waals surface area contributed by atoms with Crippen LogP contribution in [-0.2, 0) is 0 Å². The second kappa shape index (κ2) is 5.86. The number of halogens is 2. The summed E-state index contributed by atoms with van der Waals surface area (Å²) >= 11 is 0. The van der Waals surface area contributed by atoms with E-state index < -0.39 is 0 Å². The van der Waals surface area contributed by atoms with Crippen molar-refractivity contribution in [2.45, 2.75) is 24.8 Å². The Kier molecular flexibility index (Phi) is 5.97. The Hall–Kier alpha value is 0.240. The smallest absolute Gasteiger partial charge is 0.0379 e. The molecule has 4 heteroatoms. The molecule has 2 heterocycles. The van der Waals surface area contributed by atoms with Crippen LogP contribution < -0.4 is 10.6 Å². The predicted molar refractivity (Wildman–Crippen MR) is 61.1 cm³/mol. The molecule has 0 aromatic rings. The van der Waals surface area contributed by atoms with E-state index in [9.17, 15) is 0 Å². The topological polar surface area (TPSA) is 24.1 Å². The van der Waals surface area contributed by atoms with E-state index in [-0.39, 0.29) is 24.8 Å². The summed E-state index contributed by atoms with van der Waals surface area (Å²) in [4.78, 5) is 0. The second-order valence-corrected chi connectivity index (χ2v) is 3.54. The van der Waals surface area contributed by atoms with Crippen molar-refractivity contribution in [3.05, 3.63) is 12.2 Å². The van der Waals surface area contributed by atoms with Crippen LogP contribution in [0.4, 0.5) is 0 Å². The van der Waals surface area contributed by atoms with E-state index in [4.69, 9.17) is 0 Å². The summed E-state index contributed by atoms with van der Waals surface area (Å²) in [5, 5.41) is 6.99. The third-order valence-corrected chi connectivity index (χ3v) is 2.73. The van der Waals surface area contributed by atoms with Gasteiger partial charge in [-0.05, 0) is 32.4 Å². The Labute approximate surface area is 92.4 Å². The van der Waals surface area contributed by atoms with Crippen molar-refractivity contribution < 1.29 is 0 Å². The zero-order chi connectivity index (χ0) is 7.57. The molecule has 0 aromatic heterocycles. The molecule has 2 aliphatic heterocycles. The van der Waals surface area contributed by atoms with E-state index in [0.29, 0.717) is 5.54 Å². The third-order valence-electron chi connectivity index (χ3n) is 2.73. The zero-order valence-electron chi connectivity index (χ0n) is 7.71. The van der Waals surface area contributed by atoms with Crippen molar-refractivity contribution in [2.24, 2.45) is 0 Å². The lowest BCUT2D eigenvalue weighted by Gasteiger charge is -2.25. The van der Waals surface area contributed by atoms with Crippen molar-refractivity contribution >= 4 is 24.8 Å². The van der Waals surface area contributed by atoms with Crippen molar-refractivity contribution in [1.29, 1.82) is 0 Å². The van der Waals surface area contributed by atoms with E-state index in [1.807, 2.05) is 0 Å². The molecule has 2 N–H and O–H groups in total. The van der Waals surface area contributed by atoms with Gasteiger partial charge in [-0.1, -0.05) is 12.2 Å². The molecular formula is C9H18Cl2N2. The second-order valence-electron chi connectivity index (χ2n) is 3.54. The van der Waals surface area contributed by atoms with Crippen LogP contribution in [0.5, 0.6) is 0 Å². The Morgan fingerprint density at radius 3 is 2.62 bits per heavy atom. The van der Waals surface area contributed by atoms with Gasteiger partial charge in [-0.15, -0.1) is 24.8 Å². The van der Waals surface area contributed by atoms with Crippen molar-refractivity contribution in [3.8, 4) is 0 Å². The first-order valence-corrected chi connectivity index (χ1v) is 4.55. The van der Waals surface area contributed by atoms with Gasteiger partial charge in [0.1, 0.15) is 0 Å². The van der Waals surface area contributed by atoms with Gasteiger partial charge in [0.2, 0.25) is 0 Å². The van der Waals surface area contributed by atoms with E-state index in [1.165, 1.54) is 25.8 Å². The van der Waals surface area contributed by atoms with Crippen LogP contribution in [0.15, 0.2) is 12.2 Å². The molecule has 78 valence electrons. The van der Waals surface area contributed by atoms with Crippen LogP contribution in [0.2, 0.25) is 0 Å². The first-order valence-electron chi connectivity index (χ1n) is 4.55. The average Bonchev–Trinajstić information content (AvgIpc) is 2.32. The molecule has 1 fully saturated rings. The fraction of sp³-hybridized carbons (Fsp3) is 0.778. The number of rotatable bonds is 0. The molecule has 1 saturated heterocycles. The van der Waals surface area contributed by atoms with Crippen molar-refractivity contribution in [2.75, 3.05) is 19.6 Å². The highest BCUT2D eigenvalue weighted by Gasteiger charge is 2.29. The summed E-state index contributed by atoms with van der Waals surface area (Å²) < 4.78 is 0. The summed E-state index contributed by atoms with van der Waals surface area (Å²) in [6.45, 7) is 3.43. The molecule has 0 saturated carbocycles. The standard InChI is InChI=1S/C9H16N2.2ClH/c1-3-9(4-2-7-11-9)5-8-10-6-1;;/h2,4,10-11H,1,3,5-8H2;2*1H. The first-order chi connectivity index (χ1) is 5.41. The lowest BCUT2D eigenvalue weighted by Crippen LogP contribution is -2.40. The van der Waals surface area contributed by atoms with Gasteiger partial charge in [-0.2, -0.15) is 0 Å². The molecule has 0 radical (unpaired) electrons. The Morgan fingerprint density at radius 1 is 1.08 bits per heavy atom. The molecule has 2 rings (SSSR count). The SMILES string of the molecule is C1=CC2(CCCNCC2)NC1.Cl.Cl. The first kappa shape index (κ1) is 13.2. The Bertz CT molecular complexity index is 163. The van der Waals surface area contributed by atoms with E-state index in [1.54, 1.807) is 0 Å². The molecule has 2 nitrogen and oxygen atoms in total. The Morgan fingerprint density at radius 2 is 1.92 bits per heavy atom. The molecule has 0 amide bonds. The van der Waals surface area contributed by atoms with Gasteiger partial charge in [0.05, 0.1) is 0 Å². The van der Waals surface area contributed by atoms with Gasteiger partial charge in [0.25, 0.3) is 0 Å². The monoisotopic (exact) mass is 224 g/mol. The molecule has 1 atom stereocenters. The molecule has 0 bridgehead atoms. The quantitative estimate of drug-likeness (QED) is 0.610. The maximum Gasteiger partial charge on any atom is 0.0379 e. The highest BCUT2D eigenvalue weighted by molar-refractivity contribution is 5.85. The maximum absolute atomic E-state index is 3.56. The van der Waals surface area contributed by atoms with Crippen LogP contribution in [-0.4, -0.2) is 25.2 Å². The summed E-state index contributed by atoms with van der Waals surface area (Å²) in [7, 11) is 0. The summed E-state index contributed by atoms with van der Waals surface area (Å²) in [5.41, 5.74) is 0.365. The summed E-state index contributed by atoms with van der Waals surface area (Å²) in [6, 6.07) is 0. The van der Waals surface area contributed by atoms with E-state index in [0.717, 1.165) is 13.1 Å². The van der Waals surface area contributed by atoms with Crippen LogP contribution in [0, 0.1) is 0 Å². The van der Waals surface area contributed by atoms with Gasteiger partial charge in [0.15, 0.2) is 0 Å². The lowest BCUT2D eigenvalue weighted by molar-refractivity contribution is 0.399. The highest BCUT2D eigenvalue weighted by Crippen LogP contribution is 2.23. The molecular weight excluding hydrogens is 207 g/mol. The normalized spacial score (nSPS) is 32.0. The minimum Gasteiger partial charge on any atom is -0.317 e. The van der Waals surface area contributed by atoms with Gasteiger partial charge in [0, 0.05) is 12.1 Å². The fourth-order valence-corrected chi connectivity index (χ4v) is 2.04. The molecule has 1 unspecified atom stereocenters. The van der Waals surface area contributed by atoms with Crippen LogP contribution >= 0.6 is 24.8 Å². The van der Waals surface area contributed by atoms with Gasteiger partial charge in [-0.25, -0.2) is 0 Å². The number of nitrogens with one attached hydrogen (secondary N) is 2. The van der Waals surface area contributed by atoms with Gasteiger partial charge >= 0.3 is 0 Å². The molecule has 13 heavy (non-hydrogen) atoms. The molecule has 0 aromatic carbocycles. The molecule has 1 spiro atoms. The lowest BCUT2D eigenvalue weighted by atomic mass is 9.92. The van der Waals surface area contributed by atoms with E-state index >= 15 is 0 Å². The minimum atomic E-state index is 0. The largest absolute Gasteiger partial charge is 0.317 e. The Balaban J connectivity index is 0.000000720. The van der Waals surface area contributed by atoms with Crippen molar-refractivity contribution in [1.82, 2.24) is 10.6 Å². The summed E-state index contributed by atoms with van der Waals surface area (Å²) in [5.74, 6) is 0. The number of hydrogen-bond acceptors (Lipinski definition) is 2. The number of hydrogen-bond donors (Lipinski definition) is 2. The van der Waals surface area contributed by atoms with Crippen LogP contribution in [0.3, 0.4) is 0 Å². The minimum absolute atomic E-state index is 0. The van der Waals surface area contributed by atoms with Crippen LogP contribution in [0.1, 0.15) is 19.3 Å². The van der Waals surface area contributed by atoms with E-state index in [2.05, 4.69) is 22.8 Å². The zero-order valence-corrected chi connectivity index (χ0v) is 9.35. The highest BCUT2D eigenvalue weighted by atomic mass is 35.5.